The van der Waals surface area contributed by atoms with Gasteiger partial charge in [0, 0.05) is 37.2 Å². The van der Waals surface area contributed by atoms with E-state index < -0.39 is 11.6 Å². The number of anilines is 1. The molecule has 0 radical (unpaired) electrons. The summed E-state index contributed by atoms with van der Waals surface area (Å²) in [6.07, 6.45) is 3.48. The molecule has 156 valence electrons. The highest BCUT2D eigenvalue weighted by Gasteiger charge is 2.24. The number of hydrogen-bond acceptors (Lipinski definition) is 6. The van der Waals surface area contributed by atoms with Crippen molar-refractivity contribution in [3.05, 3.63) is 83.7 Å². The molecule has 0 spiro atoms. The van der Waals surface area contributed by atoms with Gasteiger partial charge in [-0.3, -0.25) is 4.98 Å². The van der Waals surface area contributed by atoms with E-state index in [0.717, 1.165) is 42.3 Å². The lowest BCUT2D eigenvalue weighted by molar-refractivity contribution is 0.557. The molecule has 8 heteroatoms. The molecule has 1 N–H and O–H groups in total. The fourth-order valence-electron chi connectivity index (χ4n) is 3.25. The molecule has 1 aliphatic rings. The van der Waals surface area contributed by atoms with Crippen LogP contribution in [-0.2, 0) is 11.5 Å². The number of aromatic nitrogens is 2. The molecule has 2 aromatic carbocycles. The summed E-state index contributed by atoms with van der Waals surface area (Å²) in [7, 11) is 0. The Bertz CT molecular complexity index is 954. The number of rotatable bonds is 7. The first kappa shape index (κ1) is 21.1. The third-order valence-corrected chi connectivity index (χ3v) is 6.96. The number of nitrogens with zero attached hydrogens (tertiary/aromatic N) is 3. The predicted molar refractivity (Wildman–Crippen MR) is 120 cm³/mol. The summed E-state index contributed by atoms with van der Waals surface area (Å²) in [4.78, 5) is 11.4. The van der Waals surface area contributed by atoms with Gasteiger partial charge in [-0.25, -0.2) is 13.8 Å². The fourth-order valence-corrected chi connectivity index (χ4v) is 5.24. The molecule has 1 saturated heterocycles. The van der Waals surface area contributed by atoms with Crippen molar-refractivity contribution in [1.82, 2.24) is 15.3 Å². The van der Waals surface area contributed by atoms with E-state index in [9.17, 15) is 8.78 Å². The molecule has 2 heterocycles. The molecule has 0 amide bonds. The molecule has 4 rings (SSSR count). The maximum atomic E-state index is 13.4. The van der Waals surface area contributed by atoms with Crippen LogP contribution >= 0.6 is 23.5 Å². The minimum atomic E-state index is -0.565. The van der Waals surface area contributed by atoms with Gasteiger partial charge in [-0.05, 0) is 23.3 Å². The Hall–Kier alpha value is -2.16. The first-order valence-corrected chi connectivity index (χ1v) is 11.7. The van der Waals surface area contributed by atoms with Crippen LogP contribution in [0.25, 0.3) is 0 Å². The summed E-state index contributed by atoms with van der Waals surface area (Å²) < 4.78 is 26.8. The van der Waals surface area contributed by atoms with E-state index >= 15 is 0 Å². The molecule has 30 heavy (non-hydrogen) atoms. The zero-order valence-electron chi connectivity index (χ0n) is 16.3. The summed E-state index contributed by atoms with van der Waals surface area (Å²) >= 11 is 3.30. The highest BCUT2D eigenvalue weighted by Crippen LogP contribution is 2.28. The Morgan fingerprint density at radius 1 is 1.00 bits per heavy atom. The Balaban J connectivity index is 1.42. The van der Waals surface area contributed by atoms with E-state index in [2.05, 4.69) is 39.5 Å². The summed E-state index contributed by atoms with van der Waals surface area (Å²) in [6.45, 7) is 2.62. The van der Waals surface area contributed by atoms with Crippen LogP contribution in [0.15, 0.2) is 66.0 Å². The van der Waals surface area contributed by atoms with Crippen molar-refractivity contribution >= 4 is 29.3 Å². The number of thioether (sulfide) groups is 2. The third-order valence-electron chi connectivity index (χ3n) is 4.68. The summed E-state index contributed by atoms with van der Waals surface area (Å²) in [5.74, 6) is 1.06. The highest BCUT2D eigenvalue weighted by molar-refractivity contribution is 7.99. The molecule has 3 aromatic rings. The standard InChI is InChI=1S/C22H22F2N4S2/c23-18-8-17(9-19(24)10-18)15-29-21-12-26-11-20(27-21)28-7-6-25-13-22(28)30-14-16-4-2-1-3-5-16/h1-5,8-12,22,25H,6-7,13-15H2. The SMILES string of the molecule is Fc1cc(F)cc(CSc2cncc(N3CCNCC3SCc3ccccc3)n2)c1. The van der Waals surface area contributed by atoms with Crippen LogP contribution in [0, 0.1) is 11.6 Å². The van der Waals surface area contributed by atoms with Crippen LogP contribution in [0.3, 0.4) is 0 Å². The lowest BCUT2D eigenvalue weighted by Crippen LogP contribution is -2.50. The first-order chi connectivity index (χ1) is 14.7. The Kier molecular flexibility index (Phi) is 7.20. The van der Waals surface area contributed by atoms with Crippen LogP contribution in [-0.4, -0.2) is 35.0 Å². The van der Waals surface area contributed by atoms with Crippen LogP contribution < -0.4 is 10.2 Å². The van der Waals surface area contributed by atoms with Crippen LogP contribution in [0.4, 0.5) is 14.6 Å². The fraction of sp³-hybridized carbons (Fsp3) is 0.273. The monoisotopic (exact) mass is 444 g/mol. The molecule has 0 saturated carbocycles. The van der Waals surface area contributed by atoms with Crippen molar-refractivity contribution in [3.8, 4) is 0 Å². The average Bonchev–Trinajstić information content (AvgIpc) is 2.77. The van der Waals surface area contributed by atoms with Crippen molar-refractivity contribution in [3.63, 3.8) is 0 Å². The highest BCUT2D eigenvalue weighted by atomic mass is 32.2. The minimum absolute atomic E-state index is 0.255. The number of nitrogens with one attached hydrogen (secondary N) is 1. The van der Waals surface area contributed by atoms with Gasteiger partial charge in [-0.1, -0.05) is 30.3 Å². The van der Waals surface area contributed by atoms with Gasteiger partial charge in [-0.2, -0.15) is 0 Å². The molecule has 1 atom stereocenters. The number of piperazine rings is 1. The van der Waals surface area contributed by atoms with Crippen molar-refractivity contribution in [2.24, 2.45) is 0 Å². The van der Waals surface area contributed by atoms with Crippen molar-refractivity contribution < 1.29 is 8.78 Å². The van der Waals surface area contributed by atoms with E-state index in [-0.39, 0.29) is 5.37 Å². The Labute approximate surface area is 183 Å². The van der Waals surface area contributed by atoms with E-state index in [4.69, 9.17) is 4.98 Å². The molecule has 0 bridgehead atoms. The maximum Gasteiger partial charge on any atom is 0.149 e. The quantitative estimate of drug-likeness (QED) is 0.532. The van der Waals surface area contributed by atoms with Gasteiger partial charge in [0.25, 0.3) is 0 Å². The van der Waals surface area contributed by atoms with Crippen LogP contribution in [0.2, 0.25) is 0 Å². The molecular weight excluding hydrogens is 422 g/mol. The Morgan fingerprint density at radius 3 is 2.60 bits per heavy atom. The van der Waals surface area contributed by atoms with Crippen molar-refractivity contribution in [2.75, 3.05) is 24.5 Å². The smallest absolute Gasteiger partial charge is 0.149 e. The van der Waals surface area contributed by atoms with Crippen LogP contribution in [0.1, 0.15) is 11.1 Å². The Morgan fingerprint density at radius 2 is 1.80 bits per heavy atom. The number of halogens is 2. The normalized spacial score (nSPS) is 16.6. The van der Waals surface area contributed by atoms with Crippen LogP contribution in [0.5, 0.6) is 0 Å². The summed E-state index contributed by atoms with van der Waals surface area (Å²) in [5, 5.41) is 4.45. The third kappa shape index (κ3) is 5.71. The average molecular weight is 445 g/mol. The minimum Gasteiger partial charge on any atom is -0.341 e. The van der Waals surface area contributed by atoms with Gasteiger partial charge in [-0.15, -0.1) is 23.5 Å². The van der Waals surface area contributed by atoms with Gasteiger partial charge in [0.1, 0.15) is 22.5 Å². The van der Waals surface area contributed by atoms with Crippen molar-refractivity contribution in [2.45, 2.75) is 21.9 Å². The molecular formula is C22H22F2N4S2. The molecule has 1 unspecified atom stereocenters. The summed E-state index contributed by atoms with van der Waals surface area (Å²) in [6, 6.07) is 14.0. The van der Waals surface area contributed by atoms with E-state index in [0.29, 0.717) is 11.3 Å². The number of hydrogen-bond donors (Lipinski definition) is 1. The number of benzene rings is 2. The van der Waals surface area contributed by atoms with E-state index in [1.54, 1.807) is 12.4 Å². The van der Waals surface area contributed by atoms with Gasteiger partial charge in [0.05, 0.1) is 17.8 Å². The molecule has 1 fully saturated rings. The van der Waals surface area contributed by atoms with Gasteiger partial charge in [0.2, 0.25) is 0 Å². The van der Waals surface area contributed by atoms with Gasteiger partial charge < -0.3 is 10.2 Å². The molecule has 4 nitrogen and oxygen atoms in total. The lowest BCUT2D eigenvalue weighted by atomic mass is 10.2. The maximum absolute atomic E-state index is 13.4. The zero-order chi connectivity index (χ0) is 20.8. The predicted octanol–water partition coefficient (Wildman–Crippen LogP) is 4.72. The largest absolute Gasteiger partial charge is 0.341 e. The zero-order valence-corrected chi connectivity index (χ0v) is 17.9. The second kappa shape index (κ2) is 10.2. The van der Waals surface area contributed by atoms with E-state index in [1.807, 2.05) is 17.8 Å². The first-order valence-electron chi connectivity index (χ1n) is 9.70. The van der Waals surface area contributed by atoms with E-state index in [1.165, 1.54) is 29.5 Å². The molecule has 1 aromatic heterocycles. The lowest BCUT2D eigenvalue weighted by Gasteiger charge is -2.36. The second-order valence-corrected chi connectivity index (χ2v) is 9.09. The topological polar surface area (TPSA) is 41.1 Å². The van der Waals surface area contributed by atoms with Gasteiger partial charge in [0.15, 0.2) is 0 Å². The molecule has 1 aliphatic heterocycles. The molecule has 0 aliphatic carbocycles. The van der Waals surface area contributed by atoms with Gasteiger partial charge >= 0.3 is 0 Å². The second-order valence-electron chi connectivity index (χ2n) is 6.93. The summed E-state index contributed by atoms with van der Waals surface area (Å²) in [5.41, 5.74) is 1.88. The van der Waals surface area contributed by atoms with Crippen molar-refractivity contribution in [1.29, 1.82) is 0 Å².